The van der Waals surface area contributed by atoms with Crippen molar-refractivity contribution in [2.75, 3.05) is 18.5 Å². The molecule has 0 aliphatic carbocycles. The number of hydrogen-bond acceptors (Lipinski definition) is 7. The van der Waals surface area contributed by atoms with Crippen molar-refractivity contribution in [2.45, 2.75) is 19.8 Å². The van der Waals surface area contributed by atoms with E-state index >= 15 is 0 Å². The van der Waals surface area contributed by atoms with Crippen LogP contribution in [0.1, 0.15) is 30.1 Å². The number of carboxylic acids is 1. The van der Waals surface area contributed by atoms with Gasteiger partial charge < -0.3 is 15.2 Å². The zero-order valence-electron chi connectivity index (χ0n) is 11.4. The summed E-state index contributed by atoms with van der Waals surface area (Å²) in [7, 11) is 0. The molecule has 0 fully saturated rings. The lowest BCUT2D eigenvalue weighted by Crippen LogP contribution is -2.13. The highest BCUT2D eigenvalue weighted by Crippen LogP contribution is 2.27. The van der Waals surface area contributed by atoms with E-state index in [1.807, 2.05) is 0 Å². The van der Waals surface area contributed by atoms with Crippen LogP contribution in [0, 0.1) is 10.1 Å². The van der Waals surface area contributed by atoms with Crippen LogP contribution < -0.4 is 5.32 Å². The van der Waals surface area contributed by atoms with Gasteiger partial charge in [0.05, 0.1) is 11.5 Å². The Morgan fingerprint density at radius 2 is 2.24 bits per heavy atom. The standard InChI is InChI=1S/C12H15N3O6/c1-2-21-12(18)8-5-7-14-11(10(8)15(19)20)13-6-3-4-9(16)17/h5,7H,2-4,6H2,1H3,(H,13,14)(H,16,17). The average molecular weight is 297 g/mol. The van der Waals surface area contributed by atoms with E-state index < -0.39 is 22.5 Å². The van der Waals surface area contributed by atoms with Crippen molar-refractivity contribution < 1.29 is 24.4 Å². The molecule has 21 heavy (non-hydrogen) atoms. The normalized spacial score (nSPS) is 9.95. The molecule has 0 atom stereocenters. The summed E-state index contributed by atoms with van der Waals surface area (Å²) in [6.45, 7) is 1.88. The van der Waals surface area contributed by atoms with Gasteiger partial charge in [0.1, 0.15) is 5.56 Å². The van der Waals surface area contributed by atoms with E-state index in [0.29, 0.717) is 0 Å². The Bertz CT molecular complexity index is 546. The maximum absolute atomic E-state index is 11.7. The van der Waals surface area contributed by atoms with Crippen LogP contribution >= 0.6 is 0 Å². The van der Waals surface area contributed by atoms with Gasteiger partial charge in [-0.3, -0.25) is 14.9 Å². The molecule has 1 heterocycles. The summed E-state index contributed by atoms with van der Waals surface area (Å²) in [6, 6.07) is 1.21. The molecule has 1 aromatic rings. The minimum absolute atomic E-state index is 0.0711. The fourth-order valence-electron chi connectivity index (χ4n) is 1.59. The topological polar surface area (TPSA) is 132 Å². The number of pyridine rings is 1. The number of esters is 1. The highest BCUT2D eigenvalue weighted by molar-refractivity contribution is 5.96. The Hall–Kier alpha value is -2.71. The summed E-state index contributed by atoms with van der Waals surface area (Å²) in [5, 5.41) is 22.3. The van der Waals surface area contributed by atoms with Crippen molar-refractivity contribution in [1.29, 1.82) is 0 Å². The zero-order chi connectivity index (χ0) is 15.8. The second-order valence-electron chi connectivity index (χ2n) is 3.96. The van der Waals surface area contributed by atoms with E-state index in [1.54, 1.807) is 6.92 Å². The third kappa shape index (κ3) is 4.71. The Labute approximate surface area is 120 Å². The molecule has 0 radical (unpaired) electrons. The maximum atomic E-state index is 11.7. The number of nitrogens with zero attached hydrogens (tertiary/aromatic N) is 2. The Balaban J connectivity index is 2.93. The second-order valence-corrected chi connectivity index (χ2v) is 3.96. The van der Waals surface area contributed by atoms with Crippen LogP contribution in [0.5, 0.6) is 0 Å². The lowest BCUT2D eigenvalue weighted by Gasteiger charge is -2.08. The molecule has 1 rings (SSSR count). The monoisotopic (exact) mass is 297 g/mol. The van der Waals surface area contributed by atoms with E-state index in [9.17, 15) is 19.7 Å². The summed E-state index contributed by atoms with van der Waals surface area (Å²) in [4.78, 5) is 36.3. The molecule has 0 spiro atoms. The number of ether oxygens (including phenoxy) is 1. The fourth-order valence-corrected chi connectivity index (χ4v) is 1.59. The average Bonchev–Trinajstić information content (AvgIpc) is 2.43. The van der Waals surface area contributed by atoms with Crippen molar-refractivity contribution in [3.63, 3.8) is 0 Å². The lowest BCUT2D eigenvalue weighted by molar-refractivity contribution is -0.384. The van der Waals surface area contributed by atoms with Crippen molar-refractivity contribution in [1.82, 2.24) is 4.98 Å². The Morgan fingerprint density at radius 3 is 2.81 bits per heavy atom. The maximum Gasteiger partial charge on any atom is 0.345 e. The number of nitro groups is 1. The molecular formula is C12H15N3O6. The summed E-state index contributed by atoms with van der Waals surface area (Å²) in [5.74, 6) is -1.85. The first kappa shape index (κ1) is 16.3. The van der Waals surface area contributed by atoms with Crippen LogP contribution in [-0.2, 0) is 9.53 Å². The van der Waals surface area contributed by atoms with Crippen LogP contribution in [-0.4, -0.2) is 40.1 Å². The predicted octanol–water partition coefficient (Wildman–Crippen LogP) is 1.44. The minimum atomic E-state index is -0.959. The highest BCUT2D eigenvalue weighted by Gasteiger charge is 2.26. The molecule has 0 saturated carbocycles. The van der Waals surface area contributed by atoms with Gasteiger partial charge >= 0.3 is 17.6 Å². The number of carboxylic acid groups (broad SMARTS) is 1. The molecule has 0 bridgehead atoms. The van der Waals surface area contributed by atoms with Crippen LogP contribution in [0.15, 0.2) is 12.3 Å². The van der Waals surface area contributed by atoms with Crippen molar-refractivity contribution >= 4 is 23.4 Å². The van der Waals surface area contributed by atoms with Gasteiger partial charge in [0.25, 0.3) is 0 Å². The lowest BCUT2D eigenvalue weighted by atomic mass is 10.2. The molecule has 9 heteroatoms. The van der Waals surface area contributed by atoms with E-state index in [4.69, 9.17) is 9.84 Å². The van der Waals surface area contributed by atoms with E-state index in [-0.39, 0.29) is 37.4 Å². The molecule has 0 saturated heterocycles. The Morgan fingerprint density at radius 1 is 1.52 bits per heavy atom. The zero-order valence-corrected chi connectivity index (χ0v) is 11.4. The molecule has 0 aromatic carbocycles. The van der Waals surface area contributed by atoms with Gasteiger partial charge in [-0.05, 0) is 19.4 Å². The largest absolute Gasteiger partial charge is 0.481 e. The van der Waals surface area contributed by atoms with E-state index in [0.717, 1.165) is 0 Å². The summed E-state index contributed by atoms with van der Waals surface area (Å²) in [5.41, 5.74) is -0.677. The van der Waals surface area contributed by atoms with Crippen molar-refractivity contribution in [2.24, 2.45) is 0 Å². The molecule has 1 aromatic heterocycles. The smallest absolute Gasteiger partial charge is 0.345 e. The summed E-state index contributed by atoms with van der Waals surface area (Å²) in [6.07, 6.45) is 1.45. The predicted molar refractivity (Wildman–Crippen MR) is 72.2 cm³/mol. The first-order valence-electron chi connectivity index (χ1n) is 6.23. The first-order chi connectivity index (χ1) is 9.97. The highest BCUT2D eigenvalue weighted by atomic mass is 16.6. The van der Waals surface area contributed by atoms with Gasteiger partial charge in [0.15, 0.2) is 0 Å². The number of rotatable bonds is 8. The second kappa shape index (κ2) is 7.78. The number of aliphatic carboxylic acids is 1. The molecule has 0 amide bonds. The molecule has 0 aliphatic rings. The van der Waals surface area contributed by atoms with E-state index in [2.05, 4.69) is 10.3 Å². The molecule has 0 unspecified atom stereocenters. The van der Waals surface area contributed by atoms with Crippen LogP contribution in [0.4, 0.5) is 11.5 Å². The van der Waals surface area contributed by atoms with Crippen LogP contribution in [0.2, 0.25) is 0 Å². The minimum Gasteiger partial charge on any atom is -0.481 e. The van der Waals surface area contributed by atoms with Gasteiger partial charge in [-0.2, -0.15) is 0 Å². The summed E-state index contributed by atoms with van der Waals surface area (Å²) < 4.78 is 4.75. The van der Waals surface area contributed by atoms with Crippen LogP contribution in [0.25, 0.3) is 0 Å². The Kier molecular flexibility index (Phi) is 6.05. The molecule has 9 nitrogen and oxygen atoms in total. The molecule has 0 aliphatic heterocycles. The van der Waals surface area contributed by atoms with Gasteiger partial charge in [-0.15, -0.1) is 0 Å². The fraction of sp³-hybridized carbons (Fsp3) is 0.417. The third-order valence-electron chi connectivity index (χ3n) is 2.46. The quantitative estimate of drug-likeness (QED) is 0.319. The number of carbonyl (C=O) groups excluding carboxylic acids is 1. The van der Waals surface area contributed by atoms with Gasteiger partial charge in [0.2, 0.25) is 5.82 Å². The van der Waals surface area contributed by atoms with Crippen molar-refractivity contribution in [3.05, 3.63) is 27.9 Å². The summed E-state index contributed by atoms with van der Waals surface area (Å²) >= 11 is 0. The van der Waals surface area contributed by atoms with Crippen molar-refractivity contribution in [3.8, 4) is 0 Å². The third-order valence-corrected chi connectivity index (χ3v) is 2.46. The van der Waals surface area contributed by atoms with Gasteiger partial charge in [-0.1, -0.05) is 0 Å². The van der Waals surface area contributed by atoms with E-state index in [1.165, 1.54) is 12.3 Å². The SMILES string of the molecule is CCOC(=O)c1ccnc(NCCCC(=O)O)c1[N+](=O)[O-]. The molecule has 114 valence electrons. The number of anilines is 1. The number of hydrogen-bond donors (Lipinski definition) is 2. The molecular weight excluding hydrogens is 282 g/mol. The molecule has 2 N–H and O–H groups in total. The number of aromatic nitrogens is 1. The van der Waals surface area contributed by atoms with Crippen LogP contribution in [0.3, 0.4) is 0 Å². The van der Waals surface area contributed by atoms with Gasteiger partial charge in [0, 0.05) is 19.2 Å². The number of carbonyl (C=O) groups is 2. The first-order valence-corrected chi connectivity index (χ1v) is 6.23. The van der Waals surface area contributed by atoms with Gasteiger partial charge in [-0.25, -0.2) is 9.78 Å². The number of nitrogens with one attached hydrogen (secondary N) is 1.